The lowest BCUT2D eigenvalue weighted by atomic mass is 10.2. The number of rotatable bonds is 3. The van der Waals surface area contributed by atoms with Crippen LogP contribution in [0, 0.1) is 19.7 Å². The highest BCUT2D eigenvalue weighted by molar-refractivity contribution is 7.98. The highest BCUT2D eigenvalue weighted by atomic mass is 32.2. The fourth-order valence-electron chi connectivity index (χ4n) is 1.46. The molecule has 0 saturated carbocycles. The molecule has 0 fully saturated rings. The maximum atomic E-state index is 13.2. The molecule has 2 rings (SSSR count). The molecular weight excluding hydrogens is 239 g/mol. The van der Waals surface area contributed by atoms with Gasteiger partial charge in [-0.3, -0.25) is 0 Å². The van der Waals surface area contributed by atoms with Crippen LogP contribution in [0.25, 0.3) is 0 Å². The van der Waals surface area contributed by atoms with Crippen LogP contribution in [0.5, 0.6) is 0 Å². The van der Waals surface area contributed by atoms with Gasteiger partial charge in [-0.2, -0.15) is 0 Å². The molecular formula is C12H13FN2OS. The molecule has 90 valence electrons. The Morgan fingerprint density at radius 1 is 1.41 bits per heavy atom. The third kappa shape index (κ3) is 2.61. The Morgan fingerprint density at radius 2 is 2.18 bits per heavy atom. The Labute approximate surface area is 103 Å². The normalized spacial score (nSPS) is 10.8. The van der Waals surface area contributed by atoms with E-state index in [-0.39, 0.29) is 11.5 Å². The van der Waals surface area contributed by atoms with Gasteiger partial charge in [0, 0.05) is 16.2 Å². The topological polar surface area (TPSA) is 52.0 Å². The molecule has 0 spiro atoms. The number of anilines is 1. The van der Waals surface area contributed by atoms with Crippen molar-refractivity contribution in [3.63, 3.8) is 0 Å². The quantitative estimate of drug-likeness (QED) is 0.672. The molecule has 17 heavy (non-hydrogen) atoms. The van der Waals surface area contributed by atoms with Gasteiger partial charge in [0.1, 0.15) is 11.6 Å². The number of aromatic nitrogens is 1. The predicted molar refractivity (Wildman–Crippen MR) is 66.4 cm³/mol. The van der Waals surface area contributed by atoms with E-state index in [1.807, 2.05) is 13.8 Å². The van der Waals surface area contributed by atoms with Gasteiger partial charge in [0.2, 0.25) is 0 Å². The van der Waals surface area contributed by atoms with Crippen LogP contribution in [0.15, 0.2) is 27.6 Å². The maximum absolute atomic E-state index is 13.2. The van der Waals surface area contributed by atoms with E-state index in [9.17, 15) is 4.39 Å². The summed E-state index contributed by atoms with van der Waals surface area (Å²) in [5, 5.41) is 3.88. The van der Waals surface area contributed by atoms with Gasteiger partial charge in [-0.25, -0.2) is 4.39 Å². The van der Waals surface area contributed by atoms with Crippen molar-refractivity contribution in [3.8, 4) is 0 Å². The Morgan fingerprint density at radius 3 is 2.76 bits per heavy atom. The summed E-state index contributed by atoms with van der Waals surface area (Å²) in [6, 6.07) is 4.82. The number of hydrogen-bond donors (Lipinski definition) is 1. The summed E-state index contributed by atoms with van der Waals surface area (Å²) in [4.78, 5) is 0.844. The lowest BCUT2D eigenvalue weighted by Gasteiger charge is -2.03. The summed E-state index contributed by atoms with van der Waals surface area (Å²) in [7, 11) is 0. The first-order chi connectivity index (χ1) is 8.08. The van der Waals surface area contributed by atoms with E-state index in [0.717, 1.165) is 21.9 Å². The van der Waals surface area contributed by atoms with E-state index in [1.165, 1.54) is 17.8 Å². The highest BCUT2D eigenvalue weighted by Gasteiger charge is 2.09. The van der Waals surface area contributed by atoms with Gasteiger partial charge in [-0.1, -0.05) is 5.16 Å². The number of nitrogens with two attached hydrogens (primary N) is 1. The Kier molecular flexibility index (Phi) is 3.38. The summed E-state index contributed by atoms with van der Waals surface area (Å²) in [5.41, 5.74) is 7.53. The number of nitrogens with zero attached hydrogens (tertiary/aromatic N) is 1. The number of hydrogen-bond acceptors (Lipinski definition) is 4. The molecule has 0 aliphatic carbocycles. The van der Waals surface area contributed by atoms with Crippen LogP contribution in [0.3, 0.4) is 0 Å². The lowest BCUT2D eigenvalue weighted by molar-refractivity contribution is 0.392. The molecule has 0 bridgehead atoms. The van der Waals surface area contributed by atoms with E-state index in [0.29, 0.717) is 5.75 Å². The molecule has 1 aromatic carbocycles. The fourth-order valence-corrected chi connectivity index (χ4v) is 2.54. The van der Waals surface area contributed by atoms with Crippen LogP contribution < -0.4 is 5.73 Å². The molecule has 0 unspecified atom stereocenters. The number of thioether (sulfide) groups is 1. The maximum Gasteiger partial charge on any atom is 0.147 e. The first kappa shape index (κ1) is 12.0. The van der Waals surface area contributed by atoms with Gasteiger partial charge >= 0.3 is 0 Å². The van der Waals surface area contributed by atoms with Gasteiger partial charge in [0.15, 0.2) is 0 Å². The largest absolute Gasteiger partial charge is 0.396 e. The minimum Gasteiger partial charge on any atom is -0.396 e. The Bertz CT molecular complexity index is 520. The summed E-state index contributed by atoms with van der Waals surface area (Å²) in [6.07, 6.45) is 0. The molecule has 0 atom stereocenters. The second kappa shape index (κ2) is 4.79. The lowest BCUT2D eigenvalue weighted by Crippen LogP contribution is -1.90. The van der Waals surface area contributed by atoms with Gasteiger partial charge in [-0.05, 0) is 32.0 Å². The summed E-state index contributed by atoms with van der Waals surface area (Å²) in [6.45, 7) is 3.77. The van der Waals surface area contributed by atoms with E-state index >= 15 is 0 Å². The smallest absolute Gasteiger partial charge is 0.147 e. The molecule has 1 aromatic heterocycles. The standard InChI is InChI=1S/C12H13FN2OS/c1-7-10(8(2)16-15-7)6-17-9-3-4-12(14)11(13)5-9/h3-5H,6,14H2,1-2H3. The SMILES string of the molecule is Cc1noc(C)c1CSc1ccc(N)c(F)c1. The molecule has 2 aromatic rings. The number of aryl methyl sites for hydroxylation is 2. The summed E-state index contributed by atoms with van der Waals surface area (Å²) < 4.78 is 18.3. The first-order valence-corrected chi connectivity index (χ1v) is 6.16. The zero-order chi connectivity index (χ0) is 12.4. The molecule has 3 nitrogen and oxygen atoms in total. The Balaban J connectivity index is 2.10. The van der Waals surface area contributed by atoms with Gasteiger partial charge in [-0.15, -0.1) is 11.8 Å². The predicted octanol–water partition coefficient (Wildman–Crippen LogP) is 3.31. The second-order valence-corrected chi connectivity index (χ2v) is 4.82. The van der Waals surface area contributed by atoms with Crippen LogP contribution in [0.4, 0.5) is 10.1 Å². The van der Waals surface area contributed by atoms with Gasteiger partial charge in [0.25, 0.3) is 0 Å². The molecule has 0 amide bonds. The second-order valence-electron chi connectivity index (χ2n) is 3.77. The van der Waals surface area contributed by atoms with E-state index in [1.54, 1.807) is 12.1 Å². The van der Waals surface area contributed by atoms with Gasteiger partial charge in [0.05, 0.1) is 11.4 Å². The van der Waals surface area contributed by atoms with Crippen molar-refractivity contribution >= 4 is 17.4 Å². The molecule has 0 radical (unpaired) electrons. The van der Waals surface area contributed by atoms with Gasteiger partial charge < -0.3 is 10.3 Å². The van der Waals surface area contributed by atoms with Crippen molar-refractivity contribution in [2.45, 2.75) is 24.5 Å². The number of benzene rings is 1. The van der Waals surface area contributed by atoms with Crippen molar-refractivity contribution in [3.05, 3.63) is 41.0 Å². The third-order valence-corrected chi connectivity index (χ3v) is 3.56. The molecule has 2 N–H and O–H groups in total. The van der Waals surface area contributed by atoms with Crippen molar-refractivity contribution in [1.82, 2.24) is 5.16 Å². The number of nitrogen functional groups attached to an aromatic ring is 1. The highest BCUT2D eigenvalue weighted by Crippen LogP contribution is 2.27. The van der Waals surface area contributed by atoms with Crippen molar-refractivity contribution < 1.29 is 8.91 Å². The summed E-state index contributed by atoms with van der Waals surface area (Å²) >= 11 is 1.53. The molecule has 0 aliphatic rings. The van der Waals surface area contributed by atoms with Crippen molar-refractivity contribution in [1.29, 1.82) is 0 Å². The fraction of sp³-hybridized carbons (Fsp3) is 0.250. The Hall–Kier alpha value is -1.49. The first-order valence-electron chi connectivity index (χ1n) is 5.17. The van der Waals surface area contributed by atoms with E-state index in [4.69, 9.17) is 10.3 Å². The zero-order valence-corrected chi connectivity index (χ0v) is 10.5. The summed E-state index contributed by atoms with van der Waals surface area (Å²) in [5.74, 6) is 1.14. The van der Waals surface area contributed by atoms with Crippen LogP contribution in [-0.4, -0.2) is 5.16 Å². The minimum atomic E-state index is -0.381. The van der Waals surface area contributed by atoms with Crippen LogP contribution in [0.1, 0.15) is 17.0 Å². The molecule has 1 heterocycles. The van der Waals surface area contributed by atoms with Crippen molar-refractivity contribution in [2.75, 3.05) is 5.73 Å². The molecule has 5 heteroatoms. The molecule has 0 aliphatic heterocycles. The zero-order valence-electron chi connectivity index (χ0n) is 9.66. The third-order valence-electron chi connectivity index (χ3n) is 2.54. The monoisotopic (exact) mass is 252 g/mol. The number of halogens is 1. The van der Waals surface area contributed by atoms with Crippen LogP contribution in [0.2, 0.25) is 0 Å². The van der Waals surface area contributed by atoms with E-state index in [2.05, 4.69) is 5.16 Å². The molecule has 0 saturated heterocycles. The average Bonchev–Trinajstić information content (AvgIpc) is 2.61. The van der Waals surface area contributed by atoms with Crippen molar-refractivity contribution in [2.24, 2.45) is 0 Å². The van der Waals surface area contributed by atoms with Crippen LogP contribution >= 0.6 is 11.8 Å². The minimum absolute atomic E-state index is 0.173. The van der Waals surface area contributed by atoms with E-state index < -0.39 is 0 Å². The van der Waals surface area contributed by atoms with Crippen LogP contribution in [-0.2, 0) is 5.75 Å². The average molecular weight is 252 g/mol.